The van der Waals surface area contributed by atoms with Crippen molar-refractivity contribution in [2.24, 2.45) is 5.41 Å². The third-order valence-electron chi connectivity index (χ3n) is 2.93. The van der Waals surface area contributed by atoms with Gasteiger partial charge in [0.1, 0.15) is 0 Å². The summed E-state index contributed by atoms with van der Waals surface area (Å²) in [6, 6.07) is 2.23. The average molecular weight is 275 g/mol. The molecule has 0 saturated heterocycles. The van der Waals surface area contributed by atoms with Crippen molar-refractivity contribution in [2.75, 3.05) is 5.32 Å². The SMILES string of the molecule is CC(Nc1c([N+](=O)[O-])ccc(Cl)c1F)C(C)(C)C. The van der Waals surface area contributed by atoms with Gasteiger partial charge in [0.05, 0.1) is 9.95 Å². The Bertz CT molecular complexity index is 472. The second-order valence-corrected chi connectivity index (χ2v) is 5.65. The molecule has 100 valence electrons. The van der Waals surface area contributed by atoms with Crippen LogP contribution in [0.2, 0.25) is 5.02 Å². The fraction of sp³-hybridized carbons (Fsp3) is 0.500. The van der Waals surface area contributed by atoms with E-state index >= 15 is 0 Å². The Balaban J connectivity index is 3.22. The Morgan fingerprint density at radius 1 is 1.44 bits per heavy atom. The Labute approximate surface area is 110 Å². The number of halogens is 2. The molecule has 0 heterocycles. The Morgan fingerprint density at radius 2 is 2.00 bits per heavy atom. The topological polar surface area (TPSA) is 55.2 Å². The number of hydrogen-bond donors (Lipinski definition) is 1. The molecule has 0 amide bonds. The van der Waals surface area contributed by atoms with Crippen LogP contribution >= 0.6 is 11.6 Å². The molecule has 6 heteroatoms. The Hall–Kier alpha value is -1.36. The normalized spacial score (nSPS) is 13.2. The highest BCUT2D eigenvalue weighted by Crippen LogP contribution is 2.34. The number of anilines is 1. The van der Waals surface area contributed by atoms with Gasteiger partial charge in [-0.05, 0) is 18.4 Å². The van der Waals surface area contributed by atoms with Crippen molar-refractivity contribution < 1.29 is 9.31 Å². The summed E-state index contributed by atoms with van der Waals surface area (Å²) in [5.41, 5.74) is -0.634. The average Bonchev–Trinajstić information content (AvgIpc) is 2.23. The Kier molecular flexibility index (Phi) is 4.16. The molecule has 0 aromatic heterocycles. The molecule has 0 aliphatic carbocycles. The van der Waals surface area contributed by atoms with Gasteiger partial charge in [0.25, 0.3) is 5.69 Å². The van der Waals surface area contributed by atoms with Gasteiger partial charge in [0.2, 0.25) is 0 Å². The number of nitrogens with one attached hydrogen (secondary N) is 1. The molecule has 0 spiro atoms. The summed E-state index contributed by atoms with van der Waals surface area (Å²) in [7, 11) is 0. The van der Waals surface area contributed by atoms with E-state index in [1.165, 1.54) is 12.1 Å². The first kappa shape index (κ1) is 14.7. The lowest BCUT2D eigenvalue weighted by Gasteiger charge is -2.29. The first-order valence-electron chi connectivity index (χ1n) is 5.53. The van der Waals surface area contributed by atoms with Gasteiger partial charge in [-0.25, -0.2) is 4.39 Å². The van der Waals surface area contributed by atoms with Crippen LogP contribution in [0, 0.1) is 21.3 Å². The monoisotopic (exact) mass is 274 g/mol. The van der Waals surface area contributed by atoms with Crippen molar-refractivity contribution in [1.82, 2.24) is 0 Å². The minimum Gasteiger partial charge on any atom is -0.374 e. The van der Waals surface area contributed by atoms with E-state index in [9.17, 15) is 14.5 Å². The van der Waals surface area contributed by atoms with E-state index in [-0.39, 0.29) is 27.9 Å². The fourth-order valence-corrected chi connectivity index (χ4v) is 1.42. The van der Waals surface area contributed by atoms with Crippen LogP contribution in [0.1, 0.15) is 27.7 Å². The maximum atomic E-state index is 13.9. The number of hydrogen-bond acceptors (Lipinski definition) is 3. The highest BCUT2D eigenvalue weighted by molar-refractivity contribution is 6.31. The first-order valence-corrected chi connectivity index (χ1v) is 5.91. The zero-order chi connectivity index (χ0) is 14.1. The zero-order valence-corrected chi connectivity index (χ0v) is 11.5. The van der Waals surface area contributed by atoms with Crippen LogP contribution in [-0.2, 0) is 0 Å². The quantitative estimate of drug-likeness (QED) is 0.663. The second-order valence-electron chi connectivity index (χ2n) is 5.24. The van der Waals surface area contributed by atoms with Crippen LogP contribution in [0.3, 0.4) is 0 Å². The molecule has 1 rings (SSSR count). The maximum absolute atomic E-state index is 13.9. The molecule has 1 unspecified atom stereocenters. The standard InChI is InChI=1S/C12H16ClFN2O2/c1-7(12(2,3)4)15-11-9(16(17)18)6-5-8(13)10(11)14/h5-7,15H,1-4H3. The van der Waals surface area contributed by atoms with Gasteiger partial charge in [-0.1, -0.05) is 32.4 Å². The van der Waals surface area contributed by atoms with Gasteiger partial charge in [-0.3, -0.25) is 10.1 Å². The van der Waals surface area contributed by atoms with E-state index in [1.807, 2.05) is 27.7 Å². The minimum atomic E-state index is -0.790. The van der Waals surface area contributed by atoms with Crippen molar-refractivity contribution in [2.45, 2.75) is 33.7 Å². The lowest BCUT2D eigenvalue weighted by atomic mass is 9.88. The highest BCUT2D eigenvalue weighted by Gasteiger charge is 2.26. The first-order chi connectivity index (χ1) is 8.14. The predicted octanol–water partition coefficient (Wildman–Crippen LogP) is 4.23. The molecule has 1 aromatic rings. The van der Waals surface area contributed by atoms with Crippen molar-refractivity contribution in [3.63, 3.8) is 0 Å². The summed E-state index contributed by atoms with van der Waals surface area (Å²) < 4.78 is 13.9. The molecular weight excluding hydrogens is 259 g/mol. The smallest absolute Gasteiger partial charge is 0.295 e. The van der Waals surface area contributed by atoms with E-state index in [1.54, 1.807) is 0 Å². The van der Waals surface area contributed by atoms with E-state index < -0.39 is 10.7 Å². The van der Waals surface area contributed by atoms with Crippen molar-refractivity contribution in [1.29, 1.82) is 0 Å². The summed E-state index contributed by atoms with van der Waals surface area (Å²) in [5.74, 6) is -0.790. The van der Waals surface area contributed by atoms with Crippen molar-refractivity contribution in [3.05, 3.63) is 33.1 Å². The molecule has 0 aliphatic rings. The minimum absolute atomic E-state index is 0.135. The molecule has 0 aliphatic heterocycles. The maximum Gasteiger partial charge on any atom is 0.295 e. The largest absolute Gasteiger partial charge is 0.374 e. The third-order valence-corrected chi connectivity index (χ3v) is 3.22. The molecule has 0 saturated carbocycles. The van der Waals surface area contributed by atoms with E-state index in [0.29, 0.717) is 0 Å². The molecule has 1 atom stereocenters. The summed E-state index contributed by atoms with van der Waals surface area (Å²) >= 11 is 5.65. The summed E-state index contributed by atoms with van der Waals surface area (Å²) in [6.45, 7) is 7.71. The van der Waals surface area contributed by atoms with Crippen molar-refractivity contribution >= 4 is 23.0 Å². The highest BCUT2D eigenvalue weighted by atomic mass is 35.5. The second kappa shape index (κ2) is 5.10. The van der Waals surface area contributed by atoms with Gasteiger partial charge in [-0.2, -0.15) is 0 Å². The number of nitro benzene ring substituents is 1. The number of nitro groups is 1. The predicted molar refractivity (Wildman–Crippen MR) is 70.6 cm³/mol. The van der Waals surface area contributed by atoms with Crippen LogP contribution in [0.5, 0.6) is 0 Å². The summed E-state index contributed by atoms with van der Waals surface area (Å²) in [4.78, 5) is 10.2. The number of nitrogens with zero attached hydrogens (tertiary/aromatic N) is 1. The summed E-state index contributed by atoms with van der Waals surface area (Å²) in [5, 5.41) is 13.6. The molecule has 1 aromatic carbocycles. The van der Waals surface area contributed by atoms with Gasteiger partial charge in [-0.15, -0.1) is 0 Å². The van der Waals surface area contributed by atoms with Crippen LogP contribution in [-0.4, -0.2) is 11.0 Å². The van der Waals surface area contributed by atoms with Gasteiger partial charge in [0.15, 0.2) is 11.5 Å². The van der Waals surface area contributed by atoms with Gasteiger partial charge < -0.3 is 5.32 Å². The van der Waals surface area contributed by atoms with Gasteiger partial charge in [0, 0.05) is 12.1 Å². The lowest BCUT2D eigenvalue weighted by molar-refractivity contribution is -0.384. The number of benzene rings is 1. The number of rotatable bonds is 3. The van der Waals surface area contributed by atoms with Crippen LogP contribution in [0.25, 0.3) is 0 Å². The summed E-state index contributed by atoms with van der Waals surface area (Å²) in [6.07, 6.45) is 0. The van der Waals surface area contributed by atoms with Crippen LogP contribution < -0.4 is 5.32 Å². The molecule has 0 bridgehead atoms. The third kappa shape index (κ3) is 3.10. The molecule has 0 radical (unpaired) electrons. The molecule has 4 nitrogen and oxygen atoms in total. The van der Waals surface area contributed by atoms with Crippen LogP contribution in [0.4, 0.5) is 15.8 Å². The van der Waals surface area contributed by atoms with Crippen molar-refractivity contribution in [3.8, 4) is 0 Å². The van der Waals surface area contributed by atoms with E-state index in [2.05, 4.69) is 5.32 Å². The fourth-order valence-electron chi connectivity index (χ4n) is 1.26. The van der Waals surface area contributed by atoms with Gasteiger partial charge >= 0.3 is 0 Å². The molecule has 1 N–H and O–H groups in total. The lowest BCUT2D eigenvalue weighted by Crippen LogP contribution is -2.31. The molecule has 18 heavy (non-hydrogen) atoms. The molecule has 0 fully saturated rings. The van der Waals surface area contributed by atoms with E-state index in [0.717, 1.165) is 0 Å². The van der Waals surface area contributed by atoms with Crippen LogP contribution in [0.15, 0.2) is 12.1 Å². The zero-order valence-electron chi connectivity index (χ0n) is 10.8. The Morgan fingerprint density at radius 3 is 2.44 bits per heavy atom. The molecular formula is C12H16ClFN2O2. The van der Waals surface area contributed by atoms with E-state index in [4.69, 9.17) is 11.6 Å².